The maximum absolute atomic E-state index is 11.1. The molecule has 1 unspecified atom stereocenters. The highest BCUT2D eigenvalue weighted by atomic mass is 32.2. The topological polar surface area (TPSA) is 35.5 Å². The molecule has 1 aliphatic heterocycles. The van der Waals surface area contributed by atoms with E-state index in [0.717, 1.165) is 30.6 Å². The standard InChI is InChI=1S/C11H20O3S/c1-9(11(12)13-2)7-15-8-10-3-5-14-6-4-10/h9-10H,3-8H2,1-2H3. The van der Waals surface area contributed by atoms with E-state index >= 15 is 0 Å². The monoisotopic (exact) mass is 232 g/mol. The molecule has 0 N–H and O–H groups in total. The number of esters is 1. The van der Waals surface area contributed by atoms with Crippen LogP contribution in [0.5, 0.6) is 0 Å². The third-order valence-electron chi connectivity index (χ3n) is 2.67. The van der Waals surface area contributed by atoms with Crippen LogP contribution in [0.2, 0.25) is 0 Å². The van der Waals surface area contributed by atoms with Gasteiger partial charge in [-0.05, 0) is 24.5 Å². The van der Waals surface area contributed by atoms with Crippen LogP contribution in [0.3, 0.4) is 0 Å². The molecule has 0 aromatic carbocycles. The average molecular weight is 232 g/mol. The smallest absolute Gasteiger partial charge is 0.309 e. The minimum absolute atomic E-state index is 0.0137. The maximum atomic E-state index is 11.1. The number of thioether (sulfide) groups is 1. The van der Waals surface area contributed by atoms with E-state index in [1.807, 2.05) is 18.7 Å². The third kappa shape index (κ3) is 4.89. The van der Waals surface area contributed by atoms with Crippen LogP contribution >= 0.6 is 11.8 Å². The lowest BCUT2D eigenvalue weighted by Crippen LogP contribution is -2.19. The van der Waals surface area contributed by atoms with Gasteiger partial charge >= 0.3 is 5.97 Å². The summed E-state index contributed by atoms with van der Waals surface area (Å²) in [6.45, 7) is 3.72. The number of ether oxygens (including phenoxy) is 2. The fourth-order valence-electron chi connectivity index (χ4n) is 1.59. The molecule has 1 atom stereocenters. The van der Waals surface area contributed by atoms with E-state index in [2.05, 4.69) is 4.74 Å². The summed E-state index contributed by atoms with van der Waals surface area (Å²) >= 11 is 1.86. The Labute approximate surface area is 95.9 Å². The third-order valence-corrected chi connectivity index (χ3v) is 4.11. The number of hydrogen-bond donors (Lipinski definition) is 0. The average Bonchev–Trinajstić information content (AvgIpc) is 2.29. The van der Waals surface area contributed by atoms with Gasteiger partial charge in [0, 0.05) is 19.0 Å². The number of carbonyl (C=O) groups is 1. The molecule has 0 bridgehead atoms. The van der Waals surface area contributed by atoms with Crippen LogP contribution in [0.4, 0.5) is 0 Å². The molecule has 88 valence electrons. The highest BCUT2D eigenvalue weighted by Gasteiger charge is 2.16. The summed E-state index contributed by atoms with van der Waals surface area (Å²) in [5.41, 5.74) is 0. The minimum atomic E-state index is -0.102. The van der Waals surface area contributed by atoms with Gasteiger partial charge in [-0.25, -0.2) is 0 Å². The summed E-state index contributed by atoms with van der Waals surface area (Å²) in [7, 11) is 1.45. The van der Waals surface area contributed by atoms with Crippen molar-refractivity contribution in [1.29, 1.82) is 0 Å². The number of methoxy groups -OCH3 is 1. The Morgan fingerprint density at radius 1 is 1.53 bits per heavy atom. The first-order valence-corrected chi connectivity index (χ1v) is 6.62. The molecule has 1 rings (SSSR count). The molecule has 0 radical (unpaired) electrons. The molecule has 15 heavy (non-hydrogen) atoms. The van der Waals surface area contributed by atoms with Crippen LogP contribution in [-0.2, 0) is 14.3 Å². The van der Waals surface area contributed by atoms with E-state index in [9.17, 15) is 4.79 Å². The van der Waals surface area contributed by atoms with Crippen LogP contribution in [-0.4, -0.2) is 37.8 Å². The molecular weight excluding hydrogens is 212 g/mol. The van der Waals surface area contributed by atoms with Crippen LogP contribution in [0.1, 0.15) is 19.8 Å². The molecule has 0 saturated carbocycles. The molecule has 0 amide bonds. The lowest BCUT2D eigenvalue weighted by Gasteiger charge is -2.21. The van der Waals surface area contributed by atoms with Gasteiger partial charge in [-0.15, -0.1) is 0 Å². The molecule has 4 heteroatoms. The lowest BCUT2D eigenvalue weighted by molar-refractivity contribution is -0.143. The van der Waals surface area contributed by atoms with E-state index in [1.54, 1.807) is 0 Å². The van der Waals surface area contributed by atoms with Crippen molar-refractivity contribution in [3.05, 3.63) is 0 Å². The van der Waals surface area contributed by atoms with Crippen molar-refractivity contribution >= 4 is 17.7 Å². The Balaban J connectivity index is 2.07. The highest BCUT2D eigenvalue weighted by molar-refractivity contribution is 7.99. The second-order valence-corrected chi connectivity index (χ2v) is 5.09. The Morgan fingerprint density at radius 2 is 2.20 bits per heavy atom. The highest BCUT2D eigenvalue weighted by Crippen LogP contribution is 2.21. The summed E-state index contributed by atoms with van der Waals surface area (Å²) in [6.07, 6.45) is 2.33. The summed E-state index contributed by atoms with van der Waals surface area (Å²) in [5, 5.41) is 0. The van der Waals surface area contributed by atoms with Gasteiger partial charge in [0.05, 0.1) is 13.0 Å². The van der Waals surface area contributed by atoms with E-state index < -0.39 is 0 Å². The molecule has 1 fully saturated rings. The van der Waals surface area contributed by atoms with Gasteiger partial charge < -0.3 is 9.47 Å². The zero-order valence-electron chi connectivity index (χ0n) is 9.53. The van der Waals surface area contributed by atoms with Crippen LogP contribution < -0.4 is 0 Å². The van der Waals surface area contributed by atoms with Gasteiger partial charge in [-0.1, -0.05) is 6.92 Å². The molecule has 0 spiro atoms. The minimum Gasteiger partial charge on any atom is -0.469 e. The largest absolute Gasteiger partial charge is 0.469 e. The first-order chi connectivity index (χ1) is 7.24. The Hall–Kier alpha value is -0.220. The number of carbonyl (C=O) groups excluding carboxylic acids is 1. The predicted molar refractivity (Wildman–Crippen MR) is 62.0 cm³/mol. The van der Waals surface area contributed by atoms with Crippen LogP contribution in [0.25, 0.3) is 0 Å². The van der Waals surface area contributed by atoms with Crippen molar-refractivity contribution in [3.63, 3.8) is 0 Å². The molecule has 0 aliphatic carbocycles. The van der Waals surface area contributed by atoms with Crippen molar-refractivity contribution in [2.45, 2.75) is 19.8 Å². The fraction of sp³-hybridized carbons (Fsp3) is 0.909. The Kier molecular flexibility index (Phi) is 6.10. The molecule has 3 nitrogen and oxygen atoms in total. The van der Waals surface area contributed by atoms with Gasteiger partial charge in [0.25, 0.3) is 0 Å². The lowest BCUT2D eigenvalue weighted by atomic mass is 10.0. The molecule has 1 saturated heterocycles. The van der Waals surface area contributed by atoms with Crippen LogP contribution in [0.15, 0.2) is 0 Å². The maximum Gasteiger partial charge on any atom is 0.309 e. The molecule has 1 aliphatic rings. The normalized spacial score (nSPS) is 19.9. The SMILES string of the molecule is COC(=O)C(C)CSCC1CCOCC1. The summed E-state index contributed by atoms with van der Waals surface area (Å²) in [4.78, 5) is 11.1. The van der Waals surface area contributed by atoms with Gasteiger partial charge in [0.15, 0.2) is 0 Å². The van der Waals surface area contributed by atoms with Crippen molar-refractivity contribution in [3.8, 4) is 0 Å². The zero-order valence-corrected chi connectivity index (χ0v) is 10.3. The van der Waals surface area contributed by atoms with Crippen molar-refractivity contribution in [2.24, 2.45) is 11.8 Å². The van der Waals surface area contributed by atoms with Gasteiger partial charge in [-0.3, -0.25) is 4.79 Å². The second kappa shape index (κ2) is 7.12. The second-order valence-electron chi connectivity index (χ2n) is 4.02. The summed E-state index contributed by atoms with van der Waals surface area (Å²) in [5.74, 6) is 2.69. The first-order valence-electron chi connectivity index (χ1n) is 5.47. The fourth-order valence-corrected chi connectivity index (χ4v) is 2.89. The van der Waals surface area contributed by atoms with E-state index in [4.69, 9.17) is 4.74 Å². The Morgan fingerprint density at radius 3 is 2.80 bits per heavy atom. The van der Waals surface area contributed by atoms with Gasteiger partial charge in [0.2, 0.25) is 0 Å². The molecule has 1 heterocycles. The quantitative estimate of drug-likeness (QED) is 0.679. The van der Waals surface area contributed by atoms with Crippen molar-refractivity contribution < 1.29 is 14.3 Å². The zero-order chi connectivity index (χ0) is 11.1. The predicted octanol–water partition coefficient (Wildman–Crippen LogP) is 1.96. The number of hydrogen-bond acceptors (Lipinski definition) is 4. The molecule has 0 aromatic heterocycles. The molecule has 0 aromatic rings. The van der Waals surface area contributed by atoms with Gasteiger partial charge in [-0.2, -0.15) is 11.8 Å². The van der Waals surface area contributed by atoms with Crippen molar-refractivity contribution in [1.82, 2.24) is 0 Å². The number of rotatable bonds is 5. The Bertz CT molecular complexity index is 190. The van der Waals surface area contributed by atoms with Gasteiger partial charge in [0.1, 0.15) is 0 Å². The van der Waals surface area contributed by atoms with E-state index in [1.165, 1.54) is 20.0 Å². The first kappa shape index (κ1) is 12.8. The van der Waals surface area contributed by atoms with E-state index in [-0.39, 0.29) is 11.9 Å². The van der Waals surface area contributed by atoms with E-state index in [0.29, 0.717) is 0 Å². The molecular formula is C11H20O3S. The van der Waals surface area contributed by atoms with Crippen LogP contribution in [0, 0.1) is 11.8 Å². The summed E-state index contributed by atoms with van der Waals surface area (Å²) in [6, 6.07) is 0. The summed E-state index contributed by atoms with van der Waals surface area (Å²) < 4.78 is 9.98. The van der Waals surface area contributed by atoms with Crippen molar-refractivity contribution in [2.75, 3.05) is 31.8 Å².